The number of hydrogen-bond donors (Lipinski definition) is 2. The van der Waals surface area contributed by atoms with Crippen LogP contribution in [0.4, 0.5) is 28.9 Å². The Kier molecular flexibility index (Phi) is 17.5. The molecule has 4 heterocycles. The predicted molar refractivity (Wildman–Crippen MR) is 259 cm³/mol. The predicted octanol–water partition coefficient (Wildman–Crippen LogP) is 9.49. The number of nitrogens with zero attached hydrogens (tertiary/aromatic N) is 7. The summed E-state index contributed by atoms with van der Waals surface area (Å²) in [7, 11) is -7.38. The van der Waals surface area contributed by atoms with Gasteiger partial charge < -0.3 is 24.2 Å². The van der Waals surface area contributed by atoms with Crippen LogP contribution in [-0.4, -0.2) is 96.1 Å². The number of halogens is 7. The molecule has 4 aromatic carbocycles. The number of likely N-dealkylation sites (tertiary alicyclic amines) is 1. The van der Waals surface area contributed by atoms with Crippen molar-refractivity contribution in [1.29, 1.82) is 0 Å². The molecule has 376 valence electrons. The van der Waals surface area contributed by atoms with Crippen LogP contribution in [0, 0.1) is 0 Å². The number of rotatable bonds is 15. The summed E-state index contributed by atoms with van der Waals surface area (Å²) in [6, 6.07) is 27.2. The summed E-state index contributed by atoms with van der Waals surface area (Å²) in [6.45, 7) is 2.80. The first kappa shape index (κ1) is 52.9. The third-order valence-corrected chi connectivity index (χ3v) is 17.3. The molecule has 0 bridgehead atoms. The summed E-state index contributed by atoms with van der Waals surface area (Å²) in [5, 5.41) is 26.6. The van der Waals surface area contributed by atoms with Crippen LogP contribution in [0.3, 0.4) is 0 Å². The fourth-order valence-corrected chi connectivity index (χ4v) is 12.7. The second kappa shape index (κ2) is 23.1. The van der Waals surface area contributed by atoms with E-state index in [1.54, 1.807) is 97.1 Å². The first-order valence-electron chi connectivity index (χ1n) is 22.1. The molecule has 24 heteroatoms. The minimum Gasteiger partial charge on any atom is -0.415 e. The van der Waals surface area contributed by atoms with Gasteiger partial charge in [-0.2, -0.15) is 17.6 Å². The molecule has 0 radical (unpaired) electrons. The molecule has 15 nitrogen and oxygen atoms in total. The number of sulfonamides is 2. The van der Waals surface area contributed by atoms with Crippen molar-refractivity contribution in [1.82, 2.24) is 30.6 Å². The molecular weight excluding hydrogens is 1020 g/mol. The van der Waals surface area contributed by atoms with Gasteiger partial charge in [0, 0.05) is 27.2 Å². The first-order valence-corrected chi connectivity index (χ1v) is 25.9. The Labute approximate surface area is 418 Å². The average molecular weight is 1070 g/mol. The second-order valence-corrected chi connectivity index (χ2v) is 22.1. The van der Waals surface area contributed by atoms with Gasteiger partial charge in [-0.15, -0.1) is 32.8 Å². The Hall–Kier alpha value is -4.87. The smallest absolute Gasteiger partial charge is 0.314 e. The van der Waals surface area contributed by atoms with E-state index in [1.165, 1.54) is 8.61 Å². The van der Waals surface area contributed by atoms with E-state index in [9.17, 15) is 39.5 Å². The summed E-state index contributed by atoms with van der Waals surface area (Å²) in [6.07, 6.45) is -2.38. The maximum Gasteiger partial charge on any atom is 0.314 e. The lowest BCUT2D eigenvalue weighted by atomic mass is 9.87. The number of hydrogen-bond acceptors (Lipinski definition) is 13. The Balaban J connectivity index is 0.000000206. The highest BCUT2D eigenvalue weighted by Gasteiger charge is 2.40. The second-order valence-electron chi connectivity index (χ2n) is 16.9. The minimum absolute atomic E-state index is 0. The fourth-order valence-electron chi connectivity index (χ4n) is 8.48. The van der Waals surface area contributed by atoms with Crippen LogP contribution in [0.2, 0.25) is 10.0 Å². The number of piperidine rings is 2. The number of benzene rings is 4. The van der Waals surface area contributed by atoms with Crippen molar-refractivity contribution in [2.45, 2.75) is 87.1 Å². The van der Waals surface area contributed by atoms with E-state index in [-0.39, 0.29) is 43.4 Å². The standard InChI is InChI=1S/C25H27ClF2N4O4S.C21H21ClF2N4O3S.ClH/c26-18-2-1-3-19(12-18)32(37(34,35)22-8-10-31(11-9-22)20-13-21(33)14-20)15-16-4-6-17(7-5-16)24-29-30-25(36-24)23(27)28;22-16-2-1-3-17(12-16)28(32(29,30)18-8-10-25-11-9-18)13-14-4-6-15(7-5-14)20-26-27-21(31-20)19(23)24;/h1-7,12,20-23,33H,8-11,13-15H2;1-7,12,18-19,25H,8-11,13H2;1H. The van der Waals surface area contributed by atoms with Gasteiger partial charge >= 0.3 is 12.9 Å². The zero-order valence-electron chi connectivity index (χ0n) is 37.2. The molecule has 2 N–H and O–H groups in total. The SMILES string of the molecule is Cl.O=S(=O)(C1CCN(C2CC(O)C2)CC1)N(Cc1ccc(-c2nnc(C(F)F)o2)cc1)c1cccc(Cl)c1.O=S(=O)(C1CCNCC1)N(Cc1ccc(-c2nnc(C(F)F)o2)cc1)c1cccc(Cl)c1. The quantitative estimate of drug-likeness (QED) is 0.0927. The molecule has 0 amide bonds. The van der Waals surface area contributed by atoms with Gasteiger partial charge in [0.1, 0.15) is 0 Å². The molecule has 3 fully saturated rings. The average Bonchev–Trinajstić information content (AvgIpc) is 4.05. The van der Waals surface area contributed by atoms with E-state index in [0.29, 0.717) is 102 Å². The molecular formula is C46H49Cl3F4N8O7S2. The van der Waals surface area contributed by atoms with E-state index in [1.807, 2.05) is 0 Å². The molecule has 6 aromatic rings. The summed E-state index contributed by atoms with van der Waals surface area (Å²) in [4.78, 5) is 2.28. The van der Waals surface area contributed by atoms with Crippen molar-refractivity contribution in [3.8, 4) is 22.9 Å². The van der Waals surface area contributed by atoms with E-state index in [0.717, 1.165) is 12.8 Å². The van der Waals surface area contributed by atoms with Crippen LogP contribution in [-0.2, 0) is 33.1 Å². The molecule has 0 spiro atoms. The van der Waals surface area contributed by atoms with Gasteiger partial charge in [-0.05, 0) is 136 Å². The number of aliphatic hydroxyl groups is 1. The van der Waals surface area contributed by atoms with Crippen molar-refractivity contribution >= 4 is 67.0 Å². The molecule has 1 aliphatic carbocycles. The van der Waals surface area contributed by atoms with Crippen LogP contribution in [0.25, 0.3) is 22.9 Å². The van der Waals surface area contributed by atoms with E-state index in [4.69, 9.17) is 32.0 Å². The van der Waals surface area contributed by atoms with Crippen LogP contribution in [0.5, 0.6) is 0 Å². The lowest BCUT2D eigenvalue weighted by molar-refractivity contribution is -0.00510. The van der Waals surface area contributed by atoms with Crippen molar-refractivity contribution in [3.63, 3.8) is 0 Å². The van der Waals surface area contributed by atoms with E-state index in [2.05, 4.69) is 30.6 Å². The van der Waals surface area contributed by atoms with Gasteiger partial charge in [0.15, 0.2) is 0 Å². The molecule has 1 saturated carbocycles. The summed E-state index contributed by atoms with van der Waals surface area (Å²) in [5.41, 5.74) is 3.28. The number of aliphatic hydroxyl groups excluding tert-OH is 1. The minimum atomic E-state index is -3.73. The Bertz CT molecular complexity index is 2880. The highest BCUT2D eigenvalue weighted by molar-refractivity contribution is 7.93. The zero-order valence-corrected chi connectivity index (χ0v) is 41.2. The van der Waals surface area contributed by atoms with E-state index >= 15 is 0 Å². The molecule has 70 heavy (non-hydrogen) atoms. The van der Waals surface area contributed by atoms with Crippen LogP contribution in [0.1, 0.15) is 74.3 Å². The van der Waals surface area contributed by atoms with Crippen molar-refractivity contribution in [2.24, 2.45) is 0 Å². The lowest BCUT2D eigenvalue weighted by Crippen LogP contribution is -2.52. The molecule has 2 saturated heterocycles. The maximum atomic E-state index is 13.9. The Morgan fingerprint density at radius 2 is 1.06 bits per heavy atom. The van der Waals surface area contributed by atoms with Crippen LogP contribution < -0.4 is 13.9 Å². The van der Waals surface area contributed by atoms with Crippen molar-refractivity contribution < 1.29 is 48.3 Å². The van der Waals surface area contributed by atoms with Crippen LogP contribution >= 0.6 is 35.6 Å². The molecule has 2 aromatic heterocycles. The molecule has 3 aliphatic rings. The van der Waals surface area contributed by atoms with Crippen molar-refractivity contribution in [3.05, 3.63) is 130 Å². The number of anilines is 2. The summed E-state index contributed by atoms with van der Waals surface area (Å²) >= 11 is 12.3. The van der Waals surface area contributed by atoms with Gasteiger partial charge in [-0.3, -0.25) is 8.61 Å². The molecule has 9 rings (SSSR count). The maximum absolute atomic E-state index is 13.9. The molecule has 0 atom stereocenters. The lowest BCUT2D eigenvalue weighted by Gasteiger charge is -2.44. The Morgan fingerprint density at radius 1 is 0.643 bits per heavy atom. The number of aromatic nitrogens is 4. The third-order valence-electron chi connectivity index (χ3n) is 12.3. The fraction of sp³-hybridized carbons (Fsp3) is 0.391. The third kappa shape index (κ3) is 12.6. The van der Waals surface area contributed by atoms with Gasteiger partial charge in [0.25, 0.3) is 11.8 Å². The Morgan fingerprint density at radius 3 is 1.43 bits per heavy atom. The largest absolute Gasteiger partial charge is 0.415 e. The normalized spacial score (nSPS) is 18.2. The highest BCUT2D eigenvalue weighted by atomic mass is 35.5. The van der Waals surface area contributed by atoms with E-state index < -0.39 is 55.2 Å². The molecule has 2 aliphatic heterocycles. The monoisotopic (exact) mass is 1070 g/mol. The van der Waals surface area contributed by atoms with Crippen molar-refractivity contribution in [2.75, 3.05) is 34.8 Å². The topological polar surface area (TPSA) is 188 Å². The highest BCUT2D eigenvalue weighted by Crippen LogP contribution is 2.35. The summed E-state index contributed by atoms with van der Waals surface area (Å²) in [5.74, 6) is -1.56. The number of nitrogens with one attached hydrogen (secondary N) is 1. The van der Waals surface area contributed by atoms with Crippen LogP contribution in [0.15, 0.2) is 106 Å². The molecule has 0 unspecified atom stereocenters. The number of alkyl halides is 4. The van der Waals surface area contributed by atoms with Gasteiger partial charge in [0.2, 0.25) is 31.8 Å². The van der Waals surface area contributed by atoms with Gasteiger partial charge in [-0.1, -0.05) is 59.6 Å². The zero-order chi connectivity index (χ0) is 48.9. The van der Waals surface area contributed by atoms with Gasteiger partial charge in [0.05, 0.1) is 41.1 Å². The van der Waals surface area contributed by atoms with Gasteiger partial charge in [-0.25, -0.2) is 16.8 Å². The first-order chi connectivity index (χ1) is 33.0. The summed E-state index contributed by atoms with van der Waals surface area (Å²) < 4.78 is 118.